The first-order valence-electron chi connectivity index (χ1n) is 3.71. The van der Waals surface area contributed by atoms with Crippen molar-refractivity contribution in [3.05, 3.63) is 0 Å². The molecule has 2 rings (SSSR count). The van der Waals surface area contributed by atoms with Crippen molar-refractivity contribution in [1.29, 1.82) is 0 Å². The fourth-order valence-electron chi connectivity index (χ4n) is 1.62. The van der Waals surface area contributed by atoms with E-state index in [1.165, 1.54) is 0 Å². The number of thioether (sulfide) groups is 1. The fraction of sp³-hybridized carbons (Fsp3) is 0.714. The third-order valence-corrected chi connectivity index (χ3v) is 3.40. The summed E-state index contributed by atoms with van der Waals surface area (Å²) < 4.78 is 0. The summed E-state index contributed by atoms with van der Waals surface area (Å²) in [5, 5.41) is 2.37. The van der Waals surface area contributed by atoms with Crippen LogP contribution in [0.25, 0.3) is 0 Å². The summed E-state index contributed by atoms with van der Waals surface area (Å²) in [4.78, 5) is 22.2. The van der Waals surface area contributed by atoms with E-state index in [1.54, 1.807) is 11.8 Å². The van der Waals surface area contributed by atoms with Crippen molar-refractivity contribution in [2.75, 3.05) is 11.5 Å². The third kappa shape index (κ3) is 1.05. The normalized spacial score (nSPS) is 36.7. The van der Waals surface area contributed by atoms with Crippen molar-refractivity contribution in [3.63, 3.8) is 0 Å². The monoisotopic (exact) mass is 171 g/mol. The van der Waals surface area contributed by atoms with Crippen molar-refractivity contribution < 1.29 is 9.59 Å². The highest BCUT2D eigenvalue weighted by molar-refractivity contribution is 7.99. The molecule has 0 aromatic heterocycles. The van der Waals surface area contributed by atoms with Crippen molar-refractivity contribution in [1.82, 2.24) is 5.32 Å². The van der Waals surface area contributed by atoms with E-state index >= 15 is 0 Å². The lowest BCUT2D eigenvalue weighted by Gasteiger charge is -2.19. The first kappa shape index (κ1) is 7.16. The zero-order chi connectivity index (χ0) is 7.84. The lowest BCUT2D eigenvalue weighted by Crippen LogP contribution is -2.24. The minimum Gasteiger partial charge on any atom is -0.296 e. The molecule has 2 fully saturated rings. The summed E-state index contributed by atoms with van der Waals surface area (Å²) in [6, 6.07) is 0. The number of carbonyl (C=O) groups excluding carboxylic acids is 2. The second-order valence-electron chi connectivity index (χ2n) is 2.93. The second kappa shape index (κ2) is 2.52. The topological polar surface area (TPSA) is 46.2 Å². The molecule has 2 aliphatic heterocycles. The SMILES string of the molecule is O=C1NC(=O)C2CSCCC12. The molecule has 0 aliphatic carbocycles. The van der Waals surface area contributed by atoms with Crippen molar-refractivity contribution >= 4 is 23.6 Å². The summed E-state index contributed by atoms with van der Waals surface area (Å²) in [6.45, 7) is 0. The molecule has 2 atom stereocenters. The third-order valence-electron chi connectivity index (χ3n) is 2.28. The highest BCUT2D eigenvalue weighted by atomic mass is 32.2. The number of imide groups is 1. The van der Waals surface area contributed by atoms with Gasteiger partial charge in [0.15, 0.2) is 0 Å². The van der Waals surface area contributed by atoms with Gasteiger partial charge in [0, 0.05) is 5.75 Å². The van der Waals surface area contributed by atoms with Gasteiger partial charge in [-0.05, 0) is 12.2 Å². The Morgan fingerprint density at radius 3 is 2.73 bits per heavy atom. The minimum absolute atomic E-state index is 0.0104. The molecule has 0 aromatic carbocycles. The molecular formula is C7H9NO2S. The summed E-state index contributed by atoms with van der Waals surface area (Å²) in [6.07, 6.45) is 0.868. The molecule has 0 bridgehead atoms. The molecule has 11 heavy (non-hydrogen) atoms. The van der Waals surface area contributed by atoms with Gasteiger partial charge in [0.05, 0.1) is 11.8 Å². The Morgan fingerprint density at radius 2 is 2.00 bits per heavy atom. The number of carbonyl (C=O) groups is 2. The maximum atomic E-state index is 11.1. The predicted octanol–water partition coefficient (Wildman–Crippen LogP) is 0.0121. The van der Waals surface area contributed by atoms with E-state index in [9.17, 15) is 9.59 Å². The van der Waals surface area contributed by atoms with E-state index in [0.717, 1.165) is 17.9 Å². The number of fused-ring (bicyclic) bond motifs is 1. The van der Waals surface area contributed by atoms with E-state index in [4.69, 9.17) is 0 Å². The number of rotatable bonds is 0. The molecule has 0 spiro atoms. The highest BCUT2D eigenvalue weighted by Gasteiger charge is 2.42. The van der Waals surface area contributed by atoms with E-state index in [0.29, 0.717) is 0 Å². The van der Waals surface area contributed by atoms with Crippen LogP contribution in [-0.2, 0) is 9.59 Å². The molecule has 60 valence electrons. The van der Waals surface area contributed by atoms with Crippen LogP contribution in [0, 0.1) is 11.8 Å². The zero-order valence-corrected chi connectivity index (χ0v) is 6.82. The van der Waals surface area contributed by atoms with E-state index in [1.807, 2.05) is 0 Å². The average molecular weight is 171 g/mol. The van der Waals surface area contributed by atoms with Gasteiger partial charge >= 0.3 is 0 Å². The van der Waals surface area contributed by atoms with Crippen LogP contribution in [-0.4, -0.2) is 23.3 Å². The van der Waals surface area contributed by atoms with Gasteiger partial charge in [-0.15, -0.1) is 0 Å². The van der Waals surface area contributed by atoms with Crippen LogP contribution in [0.5, 0.6) is 0 Å². The Bertz CT molecular complexity index is 194. The van der Waals surface area contributed by atoms with Gasteiger partial charge in [-0.2, -0.15) is 11.8 Å². The number of hydrogen-bond donors (Lipinski definition) is 1. The summed E-state index contributed by atoms with van der Waals surface area (Å²) in [7, 11) is 0. The van der Waals surface area contributed by atoms with E-state index in [-0.39, 0.29) is 23.7 Å². The van der Waals surface area contributed by atoms with Crippen molar-refractivity contribution in [3.8, 4) is 0 Å². The molecule has 2 unspecified atom stereocenters. The van der Waals surface area contributed by atoms with Gasteiger partial charge in [0.2, 0.25) is 11.8 Å². The smallest absolute Gasteiger partial charge is 0.231 e. The molecule has 0 aromatic rings. The molecule has 2 saturated heterocycles. The van der Waals surface area contributed by atoms with E-state index < -0.39 is 0 Å². The standard InChI is InChI=1S/C7H9NO2S/c9-6-4-1-2-11-3-5(4)7(10)8-6/h4-5H,1-3H2,(H,8,9,10). The number of amides is 2. The van der Waals surface area contributed by atoms with Crippen LogP contribution >= 0.6 is 11.8 Å². The quantitative estimate of drug-likeness (QED) is 0.522. The summed E-state index contributed by atoms with van der Waals surface area (Å²) in [5.41, 5.74) is 0. The molecule has 0 saturated carbocycles. The predicted molar refractivity (Wildman–Crippen MR) is 42.1 cm³/mol. The fourth-order valence-corrected chi connectivity index (χ4v) is 2.84. The van der Waals surface area contributed by atoms with Gasteiger partial charge in [-0.1, -0.05) is 0 Å². The average Bonchev–Trinajstić information content (AvgIpc) is 2.30. The number of hydrogen-bond acceptors (Lipinski definition) is 3. The molecule has 1 N–H and O–H groups in total. The molecule has 2 heterocycles. The first-order valence-corrected chi connectivity index (χ1v) is 4.87. The van der Waals surface area contributed by atoms with Gasteiger partial charge in [-0.3, -0.25) is 14.9 Å². The lowest BCUT2D eigenvalue weighted by atomic mass is 9.94. The Kier molecular flexibility index (Phi) is 1.64. The van der Waals surface area contributed by atoms with Crippen LogP contribution in [0.3, 0.4) is 0 Å². The van der Waals surface area contributed by atoms with Crippen LogP contribution < -0.4 is 5.32 Å². The molecule has 2 amide bonds. The van der Waals surface area contributed by atoms with Gasteiger partial charge in [0.25, 0.3) is 0 Å². The molecule has 4 heteroatoms. The van der Waals surface area contributed by atoms with Gasteiger partial charge < -0.3 is 0 Å². The summed E-state index contributed by atoms with van der Waals surface area (Å²) >= 11 is 1.76. The highest BCUT2D eigenvalue weighted by Crippen LogP contribution is 2.32. The van der Waals surface area contributed by atoms with Crippen LogP contribution in [0.15, 0.2) is 0 Å². The van der Waals surface area contributed by atoms with Crippen molar-refractivity contribution in [2.24, 2.45) is 11.8 Å². The Balaban J connectivity index is 2.19. The Labute approximate surface area is 68.9 Å². The molecular weight excluding hydrogens is 162 g/mol. The second-order valence-corrected chi connectivity index (χ2v) is 4.08. The van der Waals surface area contributed by atoms with Crippen LogP contribution in [0.4, 0.5) is 0 Å². The van der Waals surface area contributed by atoms with Gasteiger partial charge in [-0.25, -0.2) is 0 Å². The Morgan fingerprint density at radius 1 is 1.27 bits per heavy atom. The first-order chi connectivity index (χ1) is 5.29. The minimum atomic E-state index is -0.0628. The molecule has 2 aliphatic rings. The van der Waals surface area contributed by atoms with Crippen LogP contribution in [0.2, 0.25) is 0 Å². The summed E-state index contributed by atoms with van der Waals surface area (Å²) in [5.74, 6) is 1.68. The van der Waals surface area contributed by atoms with Crippen molar-refractivity contribution in [2.45, 2.75) is 6.42 Å². The van der Waals surface area contributed by atoms with E-state index in [2.05, 4.69) is 5.32 Å². The lowest BCUT2D eigenvalue weighted by molar-refractivity contribution is -0.126. The maximum absolute atomic E-state index is 11.1. The van der Waals surface area contributed by atoms with Crippen LogP contribution in [0.1, 0.15) is 6.42 Å². The maximum Gasteiger partial charge on any atom is 0.231 e. The molecule has 0 radical (unpaired) electrons. The van der Waals surface area contributed by atoms with Gasteiger partial charge in [0.1, 0.15) is 0 Å². The Hall–Kier alpha value is -0.510. The zero-order valence-electron chi connectivity index (χ0n) is 6.00. The molecule has 3 nitrogen and oxygen atoms in total. The largest absolute Gasteiger partial charge is 0.296 e. The number of nitrogens with one attached hydrogen (secondary N) is 1.